The van der Waals surface area contributed by atoms with Crippen molar-refractivity contribution in [2.24, 2.45) is 0 Å². The highest BCUT2D eigenvalue weighted by Gasteiger charge is 2.15. The lowest BCUT2D eigenvalue weighted by Gasteiger charge is -2.19. The van der Waals surface area contributed by atoms with Crippen molar-refractivity contribution in [3.63, 3.8) is 0 Å². The summed E-state index contributed by atoms with van der Waals surface area (Å²) >= 11 is 15.5. The van der Waals surface area contributed by atoms with E-state index in [4.69, 9.17) is 23.2 Å². The van der Waals surface area contributed by atoms with E-state index in [0.717, 1.165) is 15.6 Å². The third-order valence-corrected chi connectivity index (χ3v) is 4.43. The van der Waals surface area contributed by atoms with Crippen LogP contribution in [-0.2, 0) is 6.42 Å². The molecule has 2 rings (SSSR count). The van der Waals surface area contributed by atoms with Gasteiger partial charge in [-0.25, -0.2) is 4.39 Å². The molecule has 106 valence electrons. The number of rotatable bonds is 4. The van der Waals surface area contributed by atoms with Crippen LogP contribution in [0.15, 0.2) is 40.9 Å². The molecule has 0 amide bonds. The van der Waals surface area contributed by atoms with Gasteiger partial charge >= 0.3 is 0 Å². The molecule has 0 aliphatic carbocycles. The molecule has 1 atom stereocenters. The van der Waals surface area contributed by atoms with Crippen molar-refractivity contribution in [2.75, 3.05) is 7.05 Å². The van der Waals surface area contributed by atoms with Gasteiger partial charge in [0.05, 0.1) is 0 Å². The van der Waals surface area contributed by atoms with Crippen LogP contribution in [0.4, 0.5) is 4.39 Å². The lowest BCUT2D eigenvalue weighted by atomic mass is 9.99. The molecule has 0 aromatic heterocycles. The van der Waals surface area contributed by atoms with Crippen molar-refractivity contribution in [3.05, 3.63) is 67.9 Å². The number of halogens is 4. The Morgan fingerprint density at radius 1 is 1.20 bits per heavy atom. The lowest BCUT2D eigenvalue weighted by molar-refractivity contribution is 0.587. The average Bonchev–Trinajstić information content (AvgIpc) is 2.39. The van der Waals surface area contributed by atoms with E-state index in [2.05, 4.69) is 21.2 Å². The van der Waals surface area contributed by atoms with Crippen LogP contribution in [0.25, 0.3) is 0 Å². The molecule has 0 aliphatic rings. The summed E-state index contributed by atoms with van der Waals surface area (Å²) in [4.78, 5) is 0. The van der Waals surface area contributed by atoms with E-state index in [9.17, 15) is 4.39 Å². The first kappa shape index (κ1) is 15.8. The van der Waals surface area contributed by atoms with Crippen molar-refractivity contribution in [3.8, 4) is 0 Å². The predicted molar refractivity (Wildman–Crippen MR) is 86.1 cm³/mol. The van der Waals surface area contributed by atoms with E-state index in [-0.39, 0.29) is 11.9 Å². The van der Waals surface area contributed by atoms with Crippen LogP contribution in [-0.4, -0.2) is 7.05 Å². The molecule has 0 saturated carbocycles. The summed E-state index contributed by atoms with van der Waals surface area (Å²) in [5, 5.41) is 4.46. The minimum absolute atomic E-state index is 0.0292. The van der Waals surface area contributed by atoms with Crippen molar-refractivity contribution < 1.29 is 4.39 Å². The van der Waals surface area contributed by atoms with Crippen molar-refractivity contribution in [1.29, 1.82) is 0 Å². The molecule has 0 bridgehead atoms. The van der Waals surface area contributed by atoms with Crippen molar-refractivity contribution in [1.82, 2.24) is 5.32 Å². The number of benzene rings is 2. The van der Waals surface area contributed by atoms with Crippen LogP contribution < -0.4 is 5.32 Å². The zero-order valence-electron chi connectivity index (χ0n) is 10.8. The topological polar surface area (TPSA) is 12.0 Å². The maximum Gasteiger partial charge on any atom is 0.124 e. The zero-order valence-corrected chi connectivity index (χ0v) is 13.9. The van der Waals surface area contributed by atoms with E-state index >= 15 is 0 Å². The quantitative estimate of drug-likeness (QED) is 0.753. The van der Waals surface area contributed by atoms with Gasteiger partial charge in [0.25, 0.3) is 0 Å². The number of nitrogens with one attached hydrogen (secondary N) is 1. The summed E-state index contributed by atoms with van der Waals surface area (Å²) in [5.41, 5.74) is 1.98. The normalized spacial score (nSPS) is 12.4. The summed E-state index contributed by atoms with van der Waals surface area (Å²) in [7, 11) is 1.87. The van der Waals surface area contributed by atoms with E-state index in [0.29, 0.717) is 16.5 Å². The molecule has 1 N–H and O–H groups in total. The van der Waals surface area contributed by atoms with Gasteiger partial charge < -0.3 is 5.32 Å². The van der Waals surface area contributed by atoms with Gasteiger partial charge in [0.15, 0.2) is 0 Å². The summed E-state index contributed by atoms with van der Waals surface area (Å²) in [6.07, 6.45) is 0.693. The highest BCUT2D eigenvalue weighted by molar-refractivity contribution is 9.10. The molecule has 5 heteroatoms. The van der Waals surface area contributed by atoms with Gasteiger partial charge in [0.2, 0.25) is 0 Å². The minimum Gasteiger partial charge on any atom is -0.313 e. The monoisotopic (exact) mass is 375 g/mol. The van der Waals surface area contributed by atoms with E-state index < -0.39 is 0 Å². The Morgan fingerprint density at radius 3 is 2.55 bits per heavy atom. The Kier molecular flexibility index (Phi) is 5.44. The predicted octanol–water partition coefficient (Wildman–Crippen LogP) is 5.40. The smallest absolute Gasteiger partial charge is 0.124 e. The summed E-state index contributed by atoms with van der Waals surface area (Å²) in [5.74, 6) is -0.258. The van der Waals surface area contributed by atoms with Crippen LogP contribution in [0.5, 0.6) is 0 Å². The lowest BCUT2D eigenvalue weighted by Crippen LogP contribution is -2.19. The number of likely N-dealkylation sites (N-methyl/N-ethyl adjacent to an activating group) is 1. The van der Waals surface area contributed by atoms with Crippen molar-refractivity contribution >= 4 is 39.1 Å². The molecule has 1 unspecified atom stereocenters. The Morgan fingerprint density at radius 2 is 1.95 bits per heavy atom. The van der Waals surface area contributed by atoms with Gasteiger partial charge in [0, 0.05) is 20.6 Å². The Labute approximate surface area is 136 Å². The summed E-state index contributed by atoms with van der Waals surface area (Å²) in [6.45, 7) is 0. The Bertz CT molecular complexity index is 619. The highest BCUT2D eigenvalue weighted by Crippen LogP contribution is 2.30. The first-order chi connectivity index (χ1) is 9.51. The van der Waals surface area contributed by atoms with Crippen molar-refractivity contribution in [2.45, 2.75) is 12.5 Å². The number of hydrogen-bond acceptors (Lipinski definition) is 1. The molecule has 1 nitrogen and oxygen atoms in total. The van der Waals surface area contributed by atoms with Gasteiger partial charge in [-0.3, -0.25) is 0 Å². The Balaban J connectivity index is 2.28. The molecule has 0 heterocycles. The molecule has 0 radical (unpaired) electrons. The summed E-state index contributed by atoms with van der Waals surface area (Å²) in [6, 6.07) is 10.2. The molecule has 0 fully saturated rings. The molecule has 0 spiro atoms. The van der Waals surface area contributed by atoms with Gasteiger partial charge in [-0.15, -0.1) is 0 Å². The molecule has 20 heavy (non-hydrogen) atoms. The second kappa shape index (κ2) is 6.90. The first-order valence-corrected chi connectivity index (χ1v) is 7.62. The first-order valence-electron chi connectivity index (χ1n) is 6.07. The average molecular weight is 377 g/mol. The van der Waals surface area contributed by atoms with Gasteiger partial charge in [-0.2, -0.15) is 0 Å². The maximum atomic E-state index is 13.1. The van der Waals surface area contributed by atoms with Crippen LogP contribution in [0.2, 0.25) is 10.0 Å². The standard InChI is InChI=1S/C15H13BrCl2FN/c1-20-15(12-5-3-10(17)7-14(12)18)6-9-2-4-11(19)8-13(9)16/h2-5,7-8,15,20H,6H2,1H3. The van der Waals surface area contributed by atoms with Gasteiger partial charge in [-0.05, 0) is 48.9 Å². The fraction of sp³-hybridized carbons (Fsp3) is 0.200. The third-order valence-electron chi connectivity index (χ3n) is 3.13. The maximum absolute atomic E-state index is 13.1. The van der Waals surface area contributed by atoms with E-state index in [1.807, 2.05) is 19.2 Å². The molecule has 0 saturated heterocycles. The fourth-order valence-corrected chi connectivity index (χ4v) is 3.11. The van der Waals surface area contributed by atoms with Crippen LogP contribution in [0, 0.1) is 5.82 Å². The second-order valence-corrected chi connectivity index (χ2v) is 6.14. The highest BCUT2D eigenvalue weighted by atomic mass is 79.9. The fourth-order valence-electron chi connectivity index (χ4n) is 2.06. The second-order valence-electron chi connectivity index (χ2n) is 4.45. The third kappa shape index (κ3) is 3.73. The number of hydrogen-bond donors (Lipinski definition) is 1. The van der Waals surface area contributed by atoms with Crippen LogP contribution in [0.1, 0.15) is 17.2 Å². The Hall–Kier alpha value is -0.610. The van der Waals surface area contributed by atoms with Gasteiger partial charge in [-0.1, -0.05) is 51.3 Å². The van der Waals surface area contributed by atoms with E-state index in [1.165, 1.54) is 12.1 Å². The van der Waals surface area contributed by atoms with Gasteiger partial charge in [0.1, 0.15) is 5.82 Å². The largest absolute Gasteiger partial charge is 0.313 e. The molecule has 2 aromatic carbocycles. The van der Waals surface area contributed by atoms with E-state index in [1.54, 1.807) is 12.1 Å². The molecular weight excluding hydrogens is 364 g/mol. The molecular formula is C15H13BrCl2FN. The molecule has 0 aliphatic heterocycles. The molecule has 2 aromatic rings. The van der Waals surface area contributed by atoms with Crippen LogP contribution >= 0.6 is 39.1 Å². The summed E-state index contributed by atoms with van der Waals surface area (Å²) < 4.78 is 13.9. The minimum atomic E-state index is -0.258. The zero-order chi connectivity index (χ0) is 14.7. The van der Waals surface area contributed by atoms with Crippen LogP contribution in [0.3, 0.4) is 0 Å². The SMILES string of the molecule is CNC(Cc1ccc(F)cc1Br)c1ccc(Cl)cc1Cl.